The molecule has 5 nitrogen and oxygen atoms in total. The third kappa shape index (κ3) is 3.43. The van der Waals surface area contributed by atoms with Gasteiger partial charge in [-0.05, 0) is 32.9 Å². The van der Waals surface area contributed by atoms with E-state index in [1.54, 1.807) is 17.9 Å². The summed E-state index contributed by atoms with van der Waals surface area (Å²) in [6.45, 7) is 3.23. The number of halogens is 3. The molecule has 0 saturated carbocycles. The van der Waals surface area contributed by atoms with Crippen LogP contribution >= 0.6 is 12.4 Å². The molecule has 2 heterocycles. The van der Waals surface area contributed by atoms with Gasteiger partial charge in [0.25, 0.3) is 11.8 Å². The van der Waals surface area contributed by atoms with Crippen LogP contribution in [0, 0.1) is 0 Å². The van der Waals surface area contributed by atoms with Crippen LogP contribution in [0.15, 0.2) is 6.07 Å². The number of aromatic nitrogens is 1. The van der Waals surface area contributed by atoms with Gasteiger partial charge in [-0.25, -0.2) is 8.78 Å². The first-order valence-corrected chi connectivity index (χ1v) is 8.14. The fourth-order valence-electron chi connectivity index (χ4n) is 3.45. The van der Waals surface area contributed by atoms with Crippen LogP contribution in [0.1, 0.15) is 47.6 Å². The summed E-state index contributed by atoms with van der Waals surface area (Å²) in [4.78, 5) is 17.4. The summed E-state index contributed by atoms with van der Waals surface area (Å²) in [6, 6.07) is 1.85. The number of rotatable bonds is 4. The summed E-state index contributed by atoms with van der Waals surface area (Å²) in [7, 11) is 1.88. The molecule has 0 bridgehead atoms. The summed E-state index contributed by atoms with van der Waals surface area (Å²) in [5.41, 5.74) is 1.51. The van der Waals surface area contributed by atoms with E-state index in [0.29, 0.717) is 36.1 Å². The molecule has 24 heavy (non-hydrogen) atoms. The molecular formula is C16H24ClF2N3O2. The quantitative estimate of drug-likeness (QED) is 0.864. The molecular weight excluding hydrogens is 340 g/mol. The van der Waals surface area contributed by atoms with Crippen LogP contribution in [-0.2, 0) is 11.2 Å². The van der Waals surface area contributed by atoms with Gasteiger partial charge in [0.15, 0.2) is 0 Å². The van der Waals surface area contributed by atoms with Crippen molar-refractivity contribution in [1.82, 2.24) is 15.2 Å². The molecule has 2 aliphatic rings. The molecule has 1 aliphatic carbocycles. The molecule has 1 aromatic heterocycles. The zero-order chi connectivity index (χ0) is 16.6. The summed E-state index contributed by atoms with van der Waals surface area (Å²) in [5, 5.41) is 3.16. The normalized spacial score (nSPS) is 25.2. The monoisotopic (exact) mass is 363 g/mol. The van der Waals surface area contributed by atoms with E-state index in [9.17, 15) is 13.6 Å². The van der Waals surface area contributed by atoms with Crippen LogP contribution in [0.25, 0.3) is 0 Å². The van der Waals surface area contributed by atoms with Gasteiger partial charge in [-0.15, -0.1) is 12.4 Å². The van der Waals surface area contributed by atoms with Crippen LogP contribution in [0.3, 0.4) is 0 Å². The van der Waals surface area contributed by atoms with Crippen LogP contribution in [0.5, 0.6) is 0 Å². The second-order valence-corrected chi connectivity index (χ2v) is 6.24. The minimum Gasteiger partial charge on any atom is -0.367 e. The third-order valence-corrected chi connectivity index (χ3v) is 4.76. The van der Waals surface area contributed by atoms with E-state index in [1.807, 2.05) is 7.05 Å². The molecule has 2 atom stereocenters. The van der Waals surface area contributed by atoms with Crippen molar-refractivity contribution in [1.29, 1.82) is 0 Å². The molecule has 0 aromatic carbocycles. The SMILES string of the molecule is CCOC1c2cc(C(=O)N3CCC(NC)C3)[nH]c2CCC1(F)F.Cl. The van der Waals surface area contributed by atoms with Crippen molar-refractivity contribution >= 4 is 18.3 Å². The molecule has 1 saturated heterocycles. The van der Waals surface area contributed by atoms with Gasteiger partial charge in [0, 0.05) is 43.4 Å². The van der Waals surface area contributed by atoms with Crippen LogP contribution in [-0.4, -0.2) is 54.5 Å². The minimum atomic E-state index is -2.89. The first-order valence-electron chi connectivity index (χ1n) is 8.14. The van der Waals surface area contributed by atoms with E-state index >= 15 is 0 Å². The summed E-state index contributed by atoms with van der Waals surface area (Å²) < 4.78 is 33.5. The lowest BCUT2D eigenvalue weighted by molar-refractivity contribution is -0.147. The number of likely N-dealkylation sites (N-methyl/N-ethyl adjacent to an activating group) is 1. The Balaban J connectivity index is 0.00000208. The Kier molecular flexibility index (Phi) is 5.88. The first-order chi connectivity index (χ1) is 11.0. The number of alkyl halides is 2. The predicted molar refractivity (Wildman–Crippen MR) is 89.0 cm³/mol. The molecule has 1 aromatic rings. The predicted octanol–water partition coefficient (Wildman–Crippen LogP) is 2.53. The van der Waals surface area contributed by atoms with Crippen molar-refractivity contribution in [2.45, 2.75) is 44.3 Å². The Hall–Kier alpha value is -1.18. The van der Waals surface area contributed by atoms with Crippen LogP contribution in [0.4, 0.5) is 8.78 Å². The number of fused-ring (bicyclic) bond motifs is 1. The number of H-pyrrole nitrogens is 1. The number of amides is 1. The molecule has 2 unspecified atom stereocenters. The zero-order valence-corrected chi connectivity index (χ0v) is 14.7. The number of likely N-dealkylation sites (tertiary alicyclic amines) is 1. The minimum absolute atomic E-state index is 0. The van der Waals surface area contributed by atoms with E-state index in [-0.39, 0.29) is 37.8 Å². The lowest BCUT2D eigenvalue weighted by atomic mass is 9.91. The smallest absolute Gasteiger partial charge is 0.278 e. The third-order valence-electron chi connectivity index (χ3n) is 4.76. The number of aromatic amines is 1. The lowest BCUT2D eigenvalue weighted by Gasteiger charge is -2.31. The highest BCUT2D eigenvalue weighted by Gasteiger charge is 2.46. The number of nitrogens with one attached hydrogen (secondary N) is 2. The topological polar surface area (TPSA) is 57.4 Å². The van der Waals surface area contributed by atoms with Gasteiger partial charge in [-0.3, -0.25) is 4.79 Å². The van der Waals surface area contributed by atoms with E-state index < -0.39 is 12.0 Å². The number of carbonyl (C=O) groups excluding carboxylic acids is 1. The molecule has 3 rings (SSSR count). The van der Waals surface area contributed by atoms with Gasteiger partial charge in [0.2, 0.25) is 0 Å². The average Bonchev–Trinajstić information content (AvgIpc) is 3.16. The number of carbonyl (C=O) groups is 1. The maximum absolute atomic E-state index is 14.1. The van der Waals surface area contributed by atoms with Gasteiger partial charge in [0.05, 0.1) is 0 Å². The maximum Gasteiger partial charge on any atom is 0.278 e. The van der Waals surface area contributed by atoms with Crippen molar-refractivity contribution in [3.8, 4) is 0 Å². The van der Waals surface area contributed by atoms with Crippen molar-refractivity contribution in [2.24, 2.45) is 0 Å². The number of nitrogens with zero attached hydrogens (tertiary/aromatic N) is 1. The molecule has 0 spiro atoms. The van der Waals surface area contributed by atoms with Crippen molar-refractivity contribution in [3.63, 3.8) is 0 Å². The number of hydrogen-bond acceptors (Lipinski definition) is 3. The molecule has 2 N–H and O–H groups in total. The van der Waals surface area contributed by atoms with Crippen LogP contribution in [0.2, 0.25) is 0 Å². The average molecular weight is 364 g/mol. The number of hydrogen-bond donors (Lipinski definition) is 2. The molecule has 8 heteroatoms. The summed E-state index contributed by atoms with van der Waals surface area (Å²) >= 11 is 0. The summed E-state index contributed by atoms with van der Waals surface area (Å²) in [6.07, 6.45) is -0.386. The van der Waals surface area contributed by atoms with Crippen LogP contribution < -0.4 is 5.32 Å². The highest BCUT2D eigenvalue weighted by molar-refractivity contribution is 5.93. The number of ether oxygens (including phenoxy) is 1. The van der Waals surface area contributed by atoms with Gasteiger partial charge in [-0.2, -0.15) is 0 Å². The Morgan fingerprint density at radius 1 is 1.54 bits per heavy atom. The van der Waals surface area contributed by atoms with Gasteiger partial charge >= 0.3 is 0 Å². The second-order valence-electron chi connectivity index (χ2n) is 6.24. The van der Waals surface area contributed by atoms with Crippen molar-refractivity contribution in [3.05, 3.63) is 23.0 Å². The van der Waals surface area contributed by atoms with E-state index in [1.165, 1.54) is 0 Å². The molecule has 0 radical (unpaired) electrons. The fourth-order valence-corrected chi connectivity index (χ4v) is 3.45. The summed E-state index contributed by atoms with van der Waals surface area (Å²) in [5.74, 6) is -3.02. The highest BCUT2D eigenvalue weighted by atomic mass is 35.5. The van der Waals surface area contributed by atoms with Crippen molar-refractivity contribution < 1.29 is 18.3 Å². The van der Waals surface area contributed by atoms with Gasteiger partial charge in [-0.1, -0.05) is 0 Å². The van der Waals surface area contributed by atoms with Crippen molar-refractivity contribution in [2.75, 3.05) is 26.7 Å². The molecule has 1 fully saturated rings. The van der Waals surface area contributed by atoms with Gasteiger partial charge < -0.3 is 19.9 Å². The second kappa shape index (κ2) is 7.37. The molecule has 1 aliphatic heterocycles. The number of aryl methyl sites for hydroxylation is 1. The lowest BCUT2D eigenvalue weighted by Crippen LogP contribution is -2.33. The van der Waals surface area contributed by atoms with E-state index in [0.717, 1.165) is 6.42 Å². The van der Waals surface area contributed by atoms with E-state index in [2.05, 4.69) is 10.3 Å². The Morgan fingerprint density at radius 2 is 2.29 bits per heavy atom. The highest BCUT2D eigenvalue weighted by Crippen LogP contribution is 2.44. The molecule has 136 valence electrons. The molecule has 1 amide bonds. The maximum atomic E-state index is 14.1. The Morgan fingerprint density at radius 3 is 2.92 bits per heavy atom. The zero-order valence-electron chi connectivity index (χ0n) is 13.9. The first kappa shape index (κ1) is 19.1. The Labute approximate surface area is 146 Å². The van der Waals surface area contributed by atoms with Gasteiger partial charge in [0.1, 0.15) is 11.8 Å². The standard InChI is InChI=1S/C16H23F2N3O2.ClH/c1-3-23-14-11-8-13(20-12(11)4-6-16(14,17)18)15(22)21-7-5-10(9-21)19-2;/h8,10,14,19-20H,3-7,9H2,1-2H3;1H. The Bertz CT molecular complexity index is 594. The fraction of sp³-hybridized carbons (Fsp3) is 0.688. The van der Waals surface area contributed by atoms with E-state index in [4.69, 9.17) is 4.74 Å². The largest absolute Gasteiger partial charge is 0.367 e.